The standard InChI is InChI=1S/C33H35N5O3/c1-33(2,3)29(36(4)30(39)28-16-22-12-8-9-13-26(22)35-28)32(41)38-20-24-17-25(38)19-37(24)31(40)27-15-14-23(18-34-27)21-10-6-5-7-11-21/h5-16,18,24-25,29,35H,17,19-20H2,1-4H3/t24-,25-,29+/m0/s1. The second kappa shape index (κ2) is 10.2. The molecule has 2 aliphatic heterocycles. The SMILES string of the molecule is CN(C(=O)c1cc2ccccc2[nH]1)[C@H](C(=O)N1C[C@@H]2C[C@H]1CN2C(=O)c1ccc(-c2ccccc2)cn1)C(C)(C)C. The Labute approximate surface area is 240 Å². The number of carbonyl (C=O) groups excluding carboxylic acids is 3. The van der Waals surface area contributed by atoms with Crippen molar-refractivity contribution in [3.63, 3.8) is 0 Å². The quantitative estimate of drug-likeness (QED) is 0.386. The van der Waals surface area contributed by atoms with Crippen molar-refractivity contribution in [1.82, 2.24) is 24.7 Å². The summed E-state index contributed by atoms with van der Waals surface area (Å²) in [6, 6.07) is 22.4. The molecule has 3 atom stereocenters. The Bertz CT molecular complexity index is 1570. The summed E-state index contributed by atoms with van der Waals surface area (Å²) in [5, 5.41) is 0.952. The van der Waals surface area contributed by atoms with Crippen LogP contribution >= 0.6 is 0 Å². The van der Waals surface area contributed by atoms with Crippen molar-refractivity contribution in [2.24, 2.45) is 5.41 Å². The maximum absolute atomic E-state index is 14.1. The zero-order chi connectivity index (χ0) is 28.9. The van der Waals surface area contributed by atoms with E-state index >= 15 is 0 Å². The van der Waals surface area contributed by atoms with Gasteiger partial charge in [0, 0.05) is 42.8 Å². The smallest absolute Gasteiger partial charge is 0.272 e. The fraction of sp³-hybridized carbons (Fsp3) is 0.333. The molecule has 2 aromatic carbocycles. The number of benzene rings is 2. The molecule has 0 spiro atoms. The Hall–Kier alpha value is -4.46. The summed E-state index contributed by atoms with van der Waals surface area (Å²) in [6.45, 7) is 6.88. The van der Waals surface area contributed by atoms with Crippen LogP contribution in [0, 0.1) is 5.41 Å². The number of carbonyl (C=O) groups is 3. The number of amides is 3. The Morgan fingerprint density at radius 1 is 0.902 bits per heavy atom. The van der Waals surface area contributed by atoms with Gasteiger partial charge in [0.25, 0.3) is 11.8 Å². The molecule has 4 heterocycles. The van der Waals surface area contributed by atoms with E-state index in [9.17, 15) is 14.4 Å². The summed E-state index contributed by atoms with van der Waals surface area (Å²) in [7, 11) is 1.70. The average molecular weight is 550 g/mol. The van der Waals surface area contributed by atoms with E-state index in [1.54, 1.807) is 24.2 Å². The second-order valence-electron chi connectivity index (χ2n) is 12.2. The number of fused-ring (bicyclic) bond motifs is 3. The molecule has 4 aromatic rings. The van der Waals surface area contributed by atoms with Crippen molar-refractivity contribution in [1.29, 1.82) is 0 Å². The maximum atomic E-state index is 14.1. The molecule has 0 aliphatic carbocycles. The molecule has 1 N–H and O–H groups in total. The van der Waals surface area contributed by atoms with Gasteiger partial charge in [0.2, 0.25) is 5.91 Å². The molecule has 2 bridgehead atoms. The first-order valence-corrected chi connectivity index (χ1v) is 14.1. The molecule has 0 saturated carbocycles. The van der Waals surface area contributed by atoms with Crippen molar-refractivity contribution in [2.45, 2.75) is 45.3 Å². The summed E-state index contributed by atoms with van der Waals surface area (Å²) in [5.74, 6) is -0.405. The van der Waals surface area contributed by atoms with Crippen molar-refractivity contribution in [3.05, 3.63) is 90.4 Å². The molecule has 41 heavy (non-hydrogen) atoms. The Morgan fingerprint density at radius 2 is 1.59 bits per heavy atom. The number of rotatable bonds is 5. The summed E-state index contributed by atoms with van der Waals surface area (Å²) >= 11 is 0. The van der Waals surface area contributed by atoms with Gasteiger partial charge in [-0.3, -0.25) is 19.4 Å². The normalized spacial score (nSPS) is 19.0. The predicted molar refractivity (Wildman–Crippen MR) is 158 cm³/mol. The third-order valence-corrected chi connectivity index (χ3v) is 8.40. The lowest BCUT2D eigenvalue weighted by Gasteiger charge is -2.42. The molecule has 2 fully saturated rings. The lowest BCUT2D eigenvalue weighted by Crippen LogP contribution is -2.59. The number of nitrogens with one attached hydrogen (secondary N) is 1. The third kappa shape index (κ3) is 4.88. The molecule has 6 rings (SSSR count). The molecule has 0 radical (unpaired) electrons. The van der Waals surface area contributed by atoms with Crippen LogP contribution in [0.1, 0.15) is 48.2 Å². The largest absolute Gasteiger partial charge is 0.351 e. The van der Waals surface area contributed by atoms with Gasteiger partial charge >= 0.3 is 0 Å². The monoisotopic (exact) mass is 549 g/mol. The first-order chi connectivity index (χ1) is 19.6. The van der Waals surface area contributed by atoms with Crippen LogP contribution in [0.3, 0.4) is 0 Å². The minimum absolute atomic E-state index is 0.0672. The van der Waals surface area contributed by atoms with E-state index in [-0.39, 0.29) is 29.8 Å². The van der Waals surface area contributed by atoms with Crippen LogP contribution in [0.5, 0.6) is 0 Å². The topological polar surface area (TPSA) is 89.6 Å². The summed E-state index contributed by atoms with van der Waals surface area (Å²) in [4.78, 5) is 54.0. The molecular formula is C33H35N5O3. The maximum Gasteiger partial charge on any atom is 0.272 e. The molecule has 2 aliphatic rings. The van der Waals surface area contributed by atoms with E-state index < -0.39 is 11.5 Å². The number of hydrogen-bond donors (Lipinski definition) is 1. The second-order valence-corrected chi connectivity index (χ2v) is 12.2. The highest BCUT2D eigenvalue weighted by atomic mass is 16.2. The third-order valence-electron chi connectivity index (χ3n) is 8.40. The number of likely N-dealkylation sites (tertiary alicyclic amines) is 2. The molecule has 8 nitrogen and oxygen atoms in total. The molecule has 2 aromatic heterocycles. The highest BCUT2D eigenvalue weighted by Gasteiger charge is 2.51. The lowest BCUT2D eigenvalue weighted by atomic mass is 9.84. The van der Waals surface area contributed by atoms with Crippen LogP contribution in [0.25, 0.3) is 22.0 Å². The molecule has 8 heteroatoms. The van der Waals surface area contributed by atoms with Crippen LogP contribution < -0.4 is 0 Å². The summed E-state index contributed by atoms with van der Waals surface area (Å²) in [6.07, 6.45) is 2.47. The fourth-order valence-electron chi connectivity index (χ4n) is 6.42. The van der Waals surface area contributed by atoms with Crippen molar-refractivity contribution < 1.29 is 14.4 Å². The van der Waals surface area contributed by atoms with E-state index in [0.29, 0.717) is 24.5 Å². The minimum atomic E-state index is -0.655. The van der Waals surface area contributed by atoms with Gasteiger partial charge in [0.05, 0.1) is 12.1 Å². The van der Waals surface area contributed by atoms with Crippen LogP contribution in [0.15, 0.2) is 79.0 Å². The number of aromatic nitrogens is 2. The van der Waals surface area contributed by atoms with Gasteiger partial charge < -0.3 is 19.7 Å². The van der Waals surface area contributed by atoms with Crippen molar-refractivity contribution in [2.75, 3.05) is 20.1 Å². The van der Waals surface area contributed by atoms with E-state index in [1.165, 1.54) is 0 Å². The van der Waals surface area contributed by atoms with Crippen molar-refractivity contribution >= 4 is 28.6 Å². The fourth-order valence-corrected chi connectivity index (χ4v) is 6.42. The number of para-hydroxylation sites is 1. The van der Waals surface area contributed by atoms with Gasteiger partial charge in [0.1, 0.15) is 17.4 Å². The first-order valence-electron chi connectivity index (χ1n) is 14.1. The van der Waals surface area contributed by atoms with Gasteiger partial charge in [-0.05, 0) is 35.6 Å². The van der Waals surface area contributed by atoms with Crippen LogP contribution in [-0.2, 0) is 4.79 Å². The minimum Gasteiger partial charge on any atom is -0.351 e. The van der Waals surface area contributed by atoms with Gasteiger partial charge in [0.15, 0.2) is 0 Å². The lowest BCUT2D eigenvalue weighted by molar-refractivity contribution is -0.141. The molecule has 210 valence electrons. The highest BCUT2D eigenvalue weighted by molar-refractivity contribution is 6.00. The molecule has 3 amide bonds. The first kappa shape index (κ1) is 26.7. The van der Waals surface area contributed by atoms with E-state index in [2.05, 4.69) is 9.97 Å². The number of aromatic amines is 1. The van der Waals surface area contributed by atoms with Crippen LogP contribution in [0.4, 0.5) is 0 Å². The van der Waals surface area contributed by atoms with Crippen LogP contribution in [-0.4, -0.2) is 80.7 Å². The molecule has 2 saturated heterocycles. The van der Waals surface area contributed by atoms with Gasteiger partial charge in [-0.15, -0.1) is 0 Å². The summed E-state index contributed by atoms with van der Waals surface area (Å²) < 4.78 is 0. The van der Waals surface area contributed by atoms with E-state index in [1.807, 2.05) is 97.3 Å². The zero-order valence-corrected chi connectivity index (χ0v) is 23.9. The Balaban J connectivity index is 1.16. The highest BCUT2D eigenvalue weighted by Crippen LogP contribution is 2.35. The van der Waals surface area contributed by atoms with Gasteiger partial charge in [-0.2, -0.15) is 0 Å². The zero-order valence-electron chi connectivity index (χ0n) is 23.9. The van der Waals surface area contributed by atoms with Gasteiger partial charge in [-0.1, -0.05) is 75.4 Å². The van der Waals surface area contributed by atoms with Crippen LogP contribution in [0.2, 0.25) is 0 Å². The van der Waals surface area contributed by atoms with E-state index in [4.69, 9.17) is 0 Å². The van der Waals surface area contributed by atoms with Crippen molar-refractivity contribution in [3.8, 4) is 11.1 Å². The summed E-state index contributed by atoms with van der Waals surface area (Å²) in [5.41, 5.74) is 3.27. The molecule has 0 unspecified atom stereocenters. The van der Waals surface area contributed by atoms with Gasteiger partial charge in [-0.25, -0.2) is 0 Å². The number of piperazine rings is 1. The molecular weight excluding hydrogens is 514 g/mol. The predicted octanol–water partition coefficient (Wildman–Crippen LogP) is 4.84. The number of hydrogen-bond acceptors (Lipinski definition) is 4. The number of likely N-dealkylation sites (N-methyl/N-ethyl adjacent to an activating group) is 1. The Kier molecular flexibility index (Phi) is 6.64. The number of pyridine rings is 1. The number of H-pyrrole nitrogens is 1. The Morgan fingerprint density at radius 3 is 2.22 bits per heavy atom. The number of nitrogens with zero attached hydrogens (tertiary/aromatic N) is 4. The average Bonchev–Trinajstić information content (AvgIpc) is 3.71. The van der Waals surface area contributed by atoms with E-state index in [0.717, 1.165) is 28.5 Å².